The van der Waals surface area contributed by atoms with Gasteiger partial charge in [-0.1, -0.05) is 53.6 Å². The summed E-state index contributed by atoms with van der Waals surface area (Å²) in [5, 5.41) is 12.4. The standard InChI is InChI=1S/C27H25NO7/c1-16-8-12-19(13-9-16)26(32)34-22(24(29)28-21-7-5-4-6-18(21)3)23(25(30)31)35-27(33)20-14-10-17(2)11-15-20/h4-15,22-23H,1-3H3,(H,28,29)(H,30,31)/t22-,23+/m0/s1. The predicted molar refractivity (Wildman–Crippen MR) is 128 cm³/mol. The van der Waals surface area contributed by atoms with Crippen LogP contribution in [0.4, 0.5) is 5.69 Å². The van der Waals surface area contributed by atoms with Crippen LogP contribution in [-0.4, -0.2) is 41.1 Å². The van der Waals surface area contributed by atoms with Crippen LogP contribution in [0.5, 0.6) is 0 Å². The highest BCUT2D eigenvalue weighted by Gasteiger charge is 2.41. The van der Waals surface area contributed by atoms with E-state index < -0.39 is 36.0 Å². The van der Waals surface area contributed by atoms with Crippen LogP contribution in [0.15, 0.2) is 72.8 Å². The first kappa shape index (κ1) is 25.2. The molecule has 2 atom stereocenters. The molecule has 0 fully saturated rings. The first-order valence-corrected chi connectivity index (χ1v) is 10.8. The van der Waals surface area contributed by atoms with Crippen molar-refractivity contribution in [3.8, 4) is 0 Å². The number of carboxylic acids is 1. The number of hydrogen-bond donors (Lipinski definition) is 2. The Kier molecular flexibility index (Phi) is 7.99. The summed E-state index contributed by atoms with van der Waals surface area (Å²) in [6, 6.07) is 19.4. The van der Waals surface area contributed by atoms with Crippen molar-refractivity contribution in [3.05, 3.63) is 101 Å². The first-order chi connectivity index (χ1) is 16.7. The third kappa shape index (κ3) is 6.54. The van der Waals surface area contributed by atoms with Crippen LogP contribution in [-0.2, 0) is 19.1 Å². The summed E-state index contributed by atoms with van der Waals surface area (Å²) in [4.78, 5) is 50.7. The zero-order chi connectivity index (χ0) is 25.5. The molecule has 3 rings (SSSR count). The van der Waals surface area contributed by atoms with Crippen LogP contribution in [0.1, 0.15) is 37.4 Å². The Morgan fingerprint density at radius 2 is 1.14 bits per heavy atom. The van der Waals surface area contributed by atoms with Gasteiger partial charge in [0.05, 0.1) is 11.1 Å². The molecule has 0 bridgehead atoms. The van der Waals surface area contributed by atoms with E-state index in [2.05, 4.69) is 5.32 Å². The Labute approximate surface area is 202 Å². The van der Waals surface area contributed by atoms with Gasteiger partial charge in [-0.05, 0) is 56.7 Å². The molecule has 3 aromatic carbocycles. The van der Waals surface area contributed by atoms with Crippen LogP contribution in [0, 0.1) is 20.8 Å². The minimum absolute atomic E-state index is 0.0878. The molecule has 0 heterocycles. The molecule has 0 radical (unpaired) electrons. The van der Waals surface area contributed by atoms with Crippen molar-refractivity contribution in [2.45, 2.75) is 33.0 Å². The number of benzene rings is 3. The molecule has 3 aromatic rings. The van der Waals surface area contributed by atoms with E-state index in [0.717, 1.165) is 11.1 Å². The Bertz CT molecular complexity index is 1230. The number of carboxylic acid groups (broad SMARTS) is 1. The highest BCUT2D eigenvalue weighted by atomic mass is 16.6. The number of ether oxygens (including phenoxy) is 2. The van der Waals surface area contributed by atoms with Gasteiger partial charge in [0.15, 0.2) is 0 Å². The maximum Gasteiger partial charge on any atom is 0.349 e. The summed E-state index contributed by atoms with van der Waals surface area (Å²) in [5.74, 6) is -4.51. The summed E-state index contributed by atoms with van der Waals surface area (Å²) in [5.41, 5.74) is 3.07. The van der Waals surface area contributed by atoms with Gasteiger partial charge in [-0.15, -0.1) is 0 Å². The number of carbonyl (C=O) groups excluding carboxylic acids is 3. The SMILES string of the molecule is Cc1ccc(C(=O)O[C@H](C(=O)Nc2ccccc2C)[C@@H](OC(=O)c2ccc(C)cc2)C(=O)O)cc1. The van der Waals surface area contributed by atoms with Crippen molar-refractivity contribution in [3.63, 3.8) is 0 Å². The molecule has 0 aliphatic carbocycles. The fourth-order valence-corrected chi connectivity index (χ4v) is 3.16. The smallest absolute Gasteiger partial charge is 0.349 e. The predicted octanol–water partition coefficient (Wildman–Crippen LogP) is 4.09. The lowest BCUT2D eigenvalue weighted by atomic mass is 10.1. The molecule has 180 valence electrons. The monoisotopic (exact) mass is 475 g/mol. The second-order valence-electron chi connectivity index (χ2n) is 8.03. The summed E-state index contributed by atoms with van der Waals surface area (Å²) < 4.78 is 10.5. The lowest BCUT2D eigenvalue weighted by molar-refractivity contribution is -0.157. The van der Waals surface area contributed by atoms with E-state index in [1.165, 1.54) is 24.3 Å². The summed E-state index contributed by atoms with van der Waals surface area (Å²) in [6.45, 7) is 5.40. The molecule has 0 aromatic heterocycles. The van der Waals surface area contributed by atoms with Crippen molar-refractivity contribution < 1.29 is 33.8 Å². The highest BCUT2D eigenvalue weighted by molar-refractivity contribution is 6.01. The molecular weight excluding hydrogens is 450 g/mol. The van der Waals surface area contributed by atoms with E-state index in [4.69, 9.17) is 9.47 Å². The normalized spacial score (nSPS) is 12.2. The zero-order valence-corrected chi connectivity index (χ0v) is 19.5. The maximum atomic E-state index is 13.2. The fourth-order valence-electron chi connectivity index (χ4n) is 3.16. The summed E-state index contributed by atoms with van der Waals surface area (Å²) in [7, 11) is 0. The van der Waals surface area contributed by atoms with E-state index in [1.54, 1.807) is 55.5 Å². The lowest BCUT2D eigenvalue weighted by Crippen LogP contribution is -2.48. The molecule has 2 N–H and O–H groups in total. The molecule has 0 aliphatic rings. The average molecular weight is 475 g/mol. The largest absolute Gasteiger partial charge is 0.478 e. The van der Waals surface area contributed by atoms with E-state index >= 15 is 0 Å². The minimum atomic E-state index is -2.10. The Morgan fingerprint density at radius 3 is 1.60 bits per heavy atom. The number of rotatable bonds is 8. The number of aliphatic carboxylic acids is 1. The number of carbonyl (C=O) groups is 4. The molecule has 0 aliphatic heterocycles. The molecule has 0 saturated carbocycles. The van der Waals surface area contributed by atoms with Gasteiger partial charge in [0.2, 0.25) is 12.2 Å². The second kappa shape index (κ2) is 11.1. The van der Waals surface area contributed by atoms with Crippen LogP contribution in [0.3, 0.4) is 0 Å². The van der Waals surface area contributed by atoms with Gasteiger partial charge in [-0.3, -0.25) is 4.79 Å². The quantitative estimate of drug-likeness (QED) is 0.471. The third-order valence-electron chi connectivity index (χ3n) is 5.22. The number of hydrogen-bond acceptors (Lipinski definition) is 6. The van der Waals surface area contributed by atoms with Gasteiger partial charge in [-0.2, -0.15) is 0 Å². The van der Waals surface area contributed by atoms with Gasteiger partial charge in [0.1, 0.15) is 0 Å². The van der Waals surface area contributed by atoms with Gasteiger partial charge in [-0.25, -0.2) is 14.4 Å². The topological polar surface area (TPSA) is 119 Å². The van der Waals surface area contributed by atoms with Crippen LogP contribution < -0.4 is 5.32 Å². The molecular formula is C27H25NO7. The fraction of sp³-hybridized carbons (Fsp3) is 0.185. The Hall–Kier alpha value is -4.46. The van der Waals surface area contributed by atoms with E-state index in [9.17, 15) is 24.3 Å². The van der Waals surface area contributed by atoms with Gasteiger partial charge >= 0.3 is 17.9 Å². The van der Waals surface area contributed by atoms with Crippen molar-refractivity contribution in [1.29, 1.82) is 0 Å². The summed E-state index contributed by atoms with van der Waals surface area (Å²) >= 11 is 0. The molecule has 0 spiro atoms. The first-order valence-electron chi connectivity index (χ1n) is 10.8. The van der Waals surface area contributed by atoms with Crippen molar-refractivity contribution in [1.82, 2.24) is 0 Å². The van der Waals surface area contributed by atoms with E-state index in [-0.39, 0.29) is 11.1 Å². The number of anilines is 1. The maximum absolute atomic E-state index is 13.2. The second-order valence-corrected chi connectivity index (χ2v) is 8.03. The van der Waals surface area contributed by atoms with Gasteiger partial charge < -0.3 is 19.9 Å². The molecule has 1 amide bonds. The number of amides is 1. The molecule has 0 unspecified atom stereocenters. The van der Waals surface area contributed by atoms with Gasteiger partial charge in [0, 0.05) is 5.69 Å². The Balaban J connectivity index is 1.91. The third-order valence-corrected chi connectivity index (χ3v) is 5.22. The molecule has 0 saturated heterocycles. The molecule has 8 nitrogen and oxygen atoms in total. The Morgan fingerprint density at radius 1 is 0.686 bits per heavy atom. The number of para-hydroxylation sites is 1. The highest BCUT2D eigenvalue weighted by Crippen LogP contribution is 2.18. The minimum Gasteiger partial charge on any atom is -0.478 e. The van der Waals surface area contributed by atoms with Crippen LogP contribution in [0.2, 0.25) is 0 Å². The summed E-state index contributed by atoms with van der Waals surface area (Å²) in [6.07, 6.45) is -4.06. The van der Waals surface area contributed by atoms with Crippen LogP contribution in [0.25, 0.3) is 0 Å². The van der Waals surface area contributed by atoms with Crippen LogP contribution >= 0.6 is 0 Å². The number of nitrogens with one attached hydrogen (secondary N) is 1. The lowest BCUT2D eigenvalue weighted by Gasteiger charge is -2.24. The number of aryl methyl sites for hydroxylation is 3. The van der Waals surface area contributed by atoms with Gasteiger partial charge in [0.25, 0.3) is 5.91 Å². The average Bonchev–Trinajstić information content (AvgIpc) is 2.83. The zero-order valence-electron chi connectivity index (χ0n) is 19.5. The molecule has 8 heteroatoms. The van der Waals surface area contributed by atoms with E-state index in [0.29, 0.717) is 11.3 Å². The van der Waals surface area contributed by atoms with E-state index in [1.807, 2.05) is 13.8 Å². The van der Waals surface area contributed by atoms with Crippen molar-refractivity contribution >= 4 is 29.5 Å². The molecule has 35 heavy (non-hydrogen) atoms. The van der Waals surface area contributed by atoms with Crippen molar-refractivity contribution in [2.75, 3.05) is 5.32 Å². The van der Waals surface area contributed by atoms with Crippen molar-refractivity contribution in [2.24, 2.45) is 0 Å². The number of esters is 2.